The molecule has 0 fully saturated rings. The van der Waals surface area contributed by atoms with Crippen molar-refractivity contribution in [1.29, 1.82) is 0 Å². The maximum Gasteiger partial charge on any atom is 0.224 e. The molecule has 0 saturated carbocycles. The molecule has 0 unspecified atom stereocenters. The Morgan fingerprint density at radius 2 is 1.62 bits per heavy atom. The molecule has 0 saturated heterocycles. The van der Waals surface area contributed by atoms with Crippen LogP contribution in [-0.4, -0.2) is 18.4 Å². The van der Waals surface area contributed by atoms with Crippen LogP contribution in [0.5, 0.6) is 5.88 Å². The van der Waals surface area contributed by atoms with E-state index in [0.717, 1.165) is 28.7 Å². The van der Waals surface area contributed by atoms with Crippen LogP contribution in [0.3, 0.4) is 0 Å². The van der Waals surface area contributed by atoms with Crippen LogP contribution in [-0.2, 0) is 6.42 Å². The SMILES string of the molecule is CCc1cccc(-c2cccc(-c3ccc(C=O)c(OC)n3)c2Cl)c1Cl. The number of pyridine rings is 1. The third-order valence-corrected chi connectivity index (χ3v) is 5.09. The first-order valence-corrected chi connectivity index (χ1v) is 8.93. The number of halogens is 2. The van der Waals surface area contributed by atoms with Gasteiger partial charge in [-0.2, -0.15) is 0 Å². The normalized spacial score (nSPS) is 10.6. The third-order valence-electron chi connectivity index (χ3n) is 4.23. The number of aromatic nitrogens is 1. The first kappa shape index (κ1) is 18.4. The van der Waals surface area contributed by atoms with Gasteiger partial charge in [-0.05, 0) is 24.1 Å². The van der Waals surface area contributed by atoms with Crippen LogP contribution in [0.15, 0.2) is 48.5 Å². The highest BCUT2D eigenvalue weighted by atomic mass is 35.5. The zero-order valence-electron chi connectivity index (χ0n) is 14.4. The molecule has 0 spiro atoms. The second-order valence-corrected chi connectivity index (χ2v) is 6.47. The minimum absolute atomic E-state index is 0.269. The Balaban J connectivity index is 2.16. The van der Waals surface area contributed by atoms with Crippen molar-refractivity contribution >= 4 is 29.5 Å². The molecule has 0 aliphatic rings. The van der Waals surface area contributed by atoms with E-state index in [1.807, 2.05) is 36.4 Å². The van der Waals surface area contributed by atoms with Crippen LogP contribution in [0.25, 0.3) is 22.4 Å². The van der Waals surface area contributed by atoms with Crippen LogP contribution in [0, 0.1) is 0 Å². The van der Waals surface area contributed by atoms with E-state index >= 15 is 0 Å². The van der Waals surface area contributed by atoms with E-state index in [1.165, 1.54) is 7.11 Å². The monoisotopic (exact) mass is 385 g/mol. The third kappa shape index (κ3) is 3.33. The van der Waals surface area contributed by atoms with Crippen LogP contribution < -0.4 is 4.74 Å². The first-order chi connectivity index (χ1) is 12.6. The highest BCUT2D eigenvalue weighted by molar-refractivity contribution is 6.38. The Morgan fingerprint density at radius 1 is 0.962 bits per heavy atom. The molecule has 3 nitrogen and oxygen atoms in total. The lowest BCUT2D eigenvalue weighted by Gasteiger charge is -2.13. The molecule has 5 heteroatoms. The van der Waals surface area contributed by atoms with E-state index in [4.69, 9.17) is 27.9 Å². The van der Waals surface area contributed by atoms with Crippen LogP contribution in [0.1, 0.15) is 22.8 Å². The molecule has 0 N–H and O–H groups in total. The van der Waals surface area contributed by atoms with E-state index in [2.05, 4.69) is 11.9 Å². The number of aldehydes is 1. The molecule has 1 heterocycles. The van der Waals surface area contributed by atoms with Crippen molar-refractivity contribution in [3.63, 3.8) is 0 Å². The molecule has 132 valence electrons. The summed E-state index contributed by atoms with van der Waals surface area (Å²) in [6, 6.07) is 15.1. The molecule has 0 bridgehead atoms. The van der Waals surface area contributed by atoms with Gasteiger partial charge in [-0.3, -0.25) is 4.79 Å². The molecule has 1 aromatic heterocycles. The van der Waals surface area contributed by atoms with Crippen LogP contribution >= 0.6 is 23.2 Å². The number of aryl methyl sites for hydroxylation is 1. The Kier molecular flexibility index (Phi) is 5.60. The van der Waals surface area contributed by atoms with Crippen molar-refractivity contribution in [1.82, 2.24) is 4.98 Å². The molecule has 26 heavy (non-hydrogen) atoms. The molecular weight excluding hydrogens is 369 g/mol. The van der Waals surface area contributed by atoms with Gasteiger partial charge in [0.25, 0.3) is 0 Å². The number of carbonyl (C=O) groups is 1. The second kappa shape index (κ2) is 7.90. The number of carbonyl (C=O) groups excluding carboxylic acids is 1. The van der Waals surface area contributed by atoms with Gasteiger partial charge in [-0.15, -0.1) is 0 Å². The standard InChI is InChI=1S/C21H17Cl2NO2/c1-3-13-6-4-7-15(19(13)22)16-8-5-9-17(20(16)23)18-11-10-14(12-25)21(24-18)26-2/h4-12H,3H2,1-2H3. The molecule has 0 amide bonds. The molecule has 0 radical (unpaired) electrons. The largest absolute Gasteiger partial charge is 0.480 e. The van der Waals surface area contributed by atoms with Gasteiger partial charge >= 0.3 is 0 Å². The fourth-order valence-electron chi connectivity index (χ4n) is 2.85. The topological polar surface area (TPSA) is 39.2 Å². The zero-order valence-corrected chi connectivity index (χ0v) is 15.9. The summed E-state index contributed by atoms with van der Waals surface area (Å²) in [4.78, 5) is 15.5. The smallest absolute Gasteiger partial charge is 0.224 e. The van der Waals surface area contributed by atoms with Gasteiger partial charge in [0.05, 0.1) is 28.4 Å². The van der Waals surface area contributed by atoms with Crippen molar-refractivity contribution in [2.24, 2.45) is 0 Å². The van der Waals surface area contributed by atoms with E-state index in [0.29, 0.717) is 27.6 Å². The lowest BCUT2D eigenvalue weighted by atomic mass is 9.98. The van der Waals surface area contributed by atoms with Gasteiger partial charge in [0, 0.05) is 16.7 Å². The molecule has 3 rings (SSSR count). The highest BCUT2D eigenvalue weighted by Gasteiger charge is 2.15. The summed E-state index contributed by atoms with van der Waals surface area (Å²) in [5.41, 5.74) is 4.56. The minimum atomic E-state index is 0.269. The van der Waals surface area contributed by atoms with Crippen LogP contribution in [0.4, 0.5) is 0 Å². The first-order valence-electron chi connectivity index (χ1n) is 8.17. The van der Waals surface area contributed by atoms with E-state index in [1.54, 1.807) is 12.1 Å². The summed E-state index contributed by atoms with van der Waals surface area (Å²) in [6.07, 6.45) is 1.56. The molecule has 0 aliphatic heterocycles. The highest BCUT2D eigenvalue weighted by Crippen LogP contribution is 2.40. The molecule has 3 aromatic rings. The fourth-order valence-corrected chi connectivity index (χ4v) is 3.54. The lowest BCUT2D eigenvalue weighted by molar-refractivity contribution is 0.112. The van der Waals surface area contributed by atoms with Gasteiger partial charge in [0.1, 0.15) is 0 Å². The predicted molar refractivity (Wildman–Crippen MR) is 106 cm³/mol. The maximum absolute atomic E-state index is 11.1. The van der Waals surface area contributed by atoms with Crippen molar-refractivity contribution in [3.05, 3.63) is 69.7 Å². The van der Waals surface area contributed by atoms with Crippen molar-refractivity contribution < 1.29 is 9.53 Å². The van der Waals surface area contributed by atoms with Gasteiger partial charge in [-0.1, -0.05) is 66.5 Å². The number of benzene rings is 2. The Morgan fingerprint density at radius 3 is 2.27 bits per heavy atom. The second-order valence-electron chi connectivity index (χ2n) is 5.71. The molecule has 2 aromatic carbocycles. The lowest BCUT2D eigenvalue weighted by Crippen LogP contribution is -1.96. The average molecular weight is 386 g/mol. The minimum Gasteiger partial charge on any atom is -0.480 e. The van der Waals surface area contributed by atoms with Gasteiger partial charge < -0.3 is 4.74 Å². The Bertz CT molecular complexity index is 970. The number of hydrogen-bond acceptors (Lipinski definition) is 3. The number of hydrogen-bond donors (Lipinski definition) is 0. The Labute approximate surface area is 162 Å². The van der Waals surface area contributed by atoms with Gasteiger partial charge in [-0.25, -0.2) is 4.98 Å². The van der Waals surface area contributed by atoms with E-state index in [9.17, 15) is 4.79 Å². The molecule has 0 aliphatic carbocycles. The van der Waals surface area contributed by atoms with Crippen LogP contribution in [0.2, 0.25) is 10.0 Å². The zero-order chi connectivity index (χ0) is 18.7. The predicted octanol–water partition coefficient (Wildman–Crippen LogP) is 6.11. The number of rotatable bonds is 5. The number of nitrogens with zero attached hydrogens (tertiary/aromatic N) is 1. The van der Waals surface area contributed by atoms with E-state index < -0.39 is 0 Å². The summed E-state index contributed by atoms with van der Waals surface area (Å²) in [6.45, 7) is 2.06. The van der Waals surface area contributed by atoms with Gasteiger partial charge in [0.2, 0.25) is 5.88 Å². The summed E-state index contributed by atoms with van der Waals surface area (Å²) in [7, 11) is 1.48. The quantitative estimate of drug-likeness (QED) is 0.497. The van der Waals surface area contributed by atoms with Crippen molar-refractivity contribution in [2.75, 3.05) is 7.11 Å². The number of ether oxygens (including phenoxy) is 1. The summed E-state index contributed by atoms with van der Waals surface area (Å²) in [5.74, 6) is 0.269. The van der Waals surface area contributed by atoms with Crippen molar-refractivity contribution in [3.8, 4) is 28.3 Å². The maximum atomic E-state index is 11.1. The Hall–Kier alpha value is -2.36. The summed E-state index contributed by atoms with van der Waals surface area (Å²) in [5, 5.41) is 1.26. The average Bonchev–Trinajstić information content (AvgIpc) is 2.68. The van der Waals surface area contributed by atoms with Crippen molar-refractivity contribution in [2.45, 2.75) is 13.3 Å². The molecular formula is C21H17Cl2NO2. The summed E-state index contributed by atoms with van der Waals surface area (Å²) < 4.78 is 5.20. The van der Waals surface area contributed by atoms with Gasteiger partial charge in [0.15, 0.2) is 6.29 Å². The number of methoxy groups -OCH3 is 1. The fraction of sp³-hybridized carbons (Fsp3) is 0.143. The molecule has 0 atom stereocenters. The van der Waals surface area contributed by atoms with E-state index in [-0.39, 0.29) is 5.88 Å². The summed E-state index contributed by atoms with van der Waals surface area (Å²) >= 11 is 13.3.